The Hall–Kier alpha value is -0.845. The molecule has 0 aromatic heterocycles. The van der Waals surface area contributed by atoms with Crippen molar-refractivity contribution in [2.45, 2.75) is 16.4 Å². The molecule has 0 saturated carbocycles. The highest BCUT2D eigenvalue weighted by atomic mass is 35.5. The Balaban J connectivity index is 1.98. The van der Waals surface area contributed by atoms with Crippen LogP contribution in [0.25, 0.3) is 0 Å². The van der Waals surface area contributed by atoms with E-state index < -0.39 is 17.9 Å². The van der Waals surface area contributed by atoms with Crippen LogP contribution in [0.4, 0.5) is 0 Å². The Morgan fingerprint density at radius 1 is 1.10 bits per heavy atom. The van der Waals surface area contributed by atoms with Gasteiger partial charge in [0, 0.05) is 9.79 Å². The van der Waals surface area contributed by atoms with Gasteiger partial charge in [-0.1, -0.05) is 29.3 Å². The summed E-state index contributed by atoms with van der Waals surface area (Å²) in [4.78, 5) is 1.15. The van der Waals surface area contributed by atoms with E-state index in [1.54, 1.807) is 30.3 Å². The summed E-state index contributed by atoms with van der Waals surface area (Å²) in [5.41, 5.74) is 1.57. The summed E-state index contributed by atoms with van der Waals surface area (Å²) in [6, 6.07) is 10.1. The van der Waals surface area contributed by atoms with Crippen LogP contribution in [0.15, 0.2) is 46.2 Å². The fraction of sp³-hybridized carbons (Fsp3) is 0.0769. The van der Waals surface area contributed by atoms with E-state index in [-0.39, 0.29) is 0 Å². The zero-order valence-corrected chi connectivity index (χ0v) is 12.5. The SMILES string of the molecule is O=S(c1ccc(Cl)c(Cl)c1)c1ccc2c(c1)B(O)OC2. The molecule has 0 fully saturated rings. The van der Waals surface area contributed by atoms with Crippen molar-refractivity contribution in [3.8, 4) is 0 Å². The second-order valence-corrected chi connectivity index (χ2v) is 6.66. The fourth-order valence-corrected chi connectivity index (χ4v) is 3.51. The Kier molecular flexibility index (Phi) is 3.88. The molecule has 0 aliphatic carbocycles. The molecular weight excluding hydrogens is 318 g/mol. The summed E-state index contributed by atoms with van der Waals surface area (Å²) in [6.07, 6.45) is 0. The van der Waals surface area contributed by atoms with Gasteiger partial charge in [0.15, 0.2) is 0 Å². The van der Waals surface area contributed by atoms with Crippen molar-refractivity contribution < 1.29 is 13.9 Å². The first kappa shape index (κ1) is 14.1. The van der Waals surface area contributed by atoms with Crippen LogP contribution >= 0.6 is 23.2 Å². The van der Waals surface area contributed by atoms with E-state index in [0.717, 1.165) is 5.56 Å². The largest absolute Gasteiger partial charge is 0.491 e. The second kappa shape index (κ2) is 5.50. The monoisotopic (exact) mass is 326 g/mol. The Morgan fingerprint density at radius 2 is 1.80 bits per heavy atom. The molecule has 20 heavy (non-hydrogen) atoms. The van der Waals surface area contributed by atoms with Crippen LogP contribution in [0.2, 0.25) is 10.0 Å². The Bertz CT molecular complexity index is 708. The first-order valence-corrected chi connectivity index (χ1v) is 7.76. The lowest BCUT2D eigenvalue weighted by Crippen LogP contribution is -2.28. The minimum Gasteiger partial charge on any atom is -0.423 e. The highest BCUT2D eigenvalue weighted by molar-refractivity contribution is 7.85. The van der Waals surface area contributed by atoms with Gasteiger partial charge >= 0.3 is 7.12 Å². The van der Waals surface area contributed by atoms with Gasteiger partial charge in [-0.15, -0.1) is 0 Å². The maximum atomic E-state index is 12.5. The lowest BCUT2D eigenvalue weighted by molar-refractivity contribution is 0.275. The van der Waals surface area contributed by atoms with Gasteiger partial charge in [-0.25, -0.2) is 4.21 Å². The average Bonchev–Trinajstić information content (AvgIpc) is 2.82. The lowest BCUT2D eigenvalue weighted by atomic mass is 9.80. The van der Waals surface area contributed by atoms with Gasteiger partial charge in [0.05, 0.1) is 27.5 Å². The van der Waals surface area contributed by atoms with Gasteiger partial charge in [0.1, 0.15) is 0 Å². The molecule has 1 heterocycles. The molecule has 0 saturated heterocycles. The van der Waals surface area contributed by atoms with Crippen LogP contribution in [0.5, 0.6) is 0 Å². The van der Waals surface area contributed by atoms with Crippen molar-refractivity contribution in [3.63, 3.8) is 0 Å². The molecule has 0 radical (unpaired) electrons. The summed E-state index contributed by atoms with van der Waals surface area (Å²) in [5.74, 6) is 0. The molecule has 2 aromatic carbocycles. The van der Waals surface area contributed by atoms with E-state index in [1.807, 2.05) is 6.07 Å². The number of hydrogen-bond acceptors (Lipinski definition) is 3. The minimum absolute atomic E-state index is 0.363. The van der Waals surface area contributed by atoms with E-state index in [0.29, 0.717) is 31.9 Å². The van der Waals surface area contributed by atoms with E-state index in [4.69, 9.17) is 27.9 Å². The molecule has 2 aromatic rings. The summed E-state index contributed by atoms with van der Waals surface area (Å²) in [7, 11) is -2.33. The molecule has 0 amide bonds. The van der Waals surface area contributed by atoms with Gasteiger partial charge in [0.25, 0.3) is 0 Å². The second-order valence-electron chi connectivity index (χ2n) is 4.37. The average molecular weight is 327 g/mol. The van der Waals surface area contributed by atoms with Crippen molar-refractivity contribution in [2.75, 3.05) is 0 Å². The van der Waals surface area contributed by atoms with E-state index >= 15 is 0 Å². The smallest absolute Gasteiger partial charge is 0.423 e. The summed E-state index contributed by atoms with van der Waals surface area (Å²) >= 11 is 11.8. The summed E-state index contributed by atoms with van der Waals surface area (Å²) in [6.45, 7) is 0.371. The van der Waals surface area contributed by atoms with Gasteiger partial charge in [-0.3, -0.25) is 0 Å². The van der Waals surface area contributed by atoms with Crippen molar-refractivity contribution in [3.05, 3.63) is 52.0 Å². The van der Waals surface area contributed by atoms with Crippen LogP contribution in [0.3, 0.4) is 0 Å². The number of hydrogen-bond donors (Lipinski definition) is 1. The third-order valence-corrected chi connectivity index (χ3v) is 5.20. The van der Waals surface area contributed by atoms with E-state index in [2.05, 4.69) is 0 Å². The zero-order valence-electron chi connectivity index (χ0n) is 10.2. The molecule has 102 valence electrons. The molecular formula is C13H9BCl2O3S. The normalized spacial score (nSPS) is 15.2. The molecule has 1 atom stereocenters. The lowest BCUT2D eigenvalue weighted by Gasteiger charge is -2.06. The molecule has 1 N–H and O–H groups in total. The summed E-state index contributed by atoms with van der Waals surface area (Å²) < 4.78 is 17.6. The molecule has 1 unspecified atom stereocenters. The first-order chi connectivity index (χ1) is 9.56. The Morgan fingerprint density at radius 3 is 2.55 bits per heavy atom. The third-order valence-electron chi connectivity index (χ3n) is 3.10. The van der Waals surface area contributed by atoms with Crippen molar-refractivity contribution in [1.82, 2.24) is 0 Å². The van der Waals surface area contributed by atoms with Gasteiger partial charge in [-0.05, 0) is 41.4 Å². The highest BCUT2D eigenvalue weighted by Crippen LogP contribution is 2.26. The zero-order chi connectivity index (χ0) is 14.3. The van der Waals surface area contributed by atoms with Crippen LogP contribution < -0.4 is 5.46 Å². The first-order valence-electron chi connectivity index (χ1n) is 5.85. The van der Waals surface area contributed by atoms with E-state index in [1.165, 1.54) is 0 Å². The maximum Gasteiger partial charge on any atom is 0.491 e. The van der Waals surface area contributed by atoms with E-state index in [9.17, 15) is 9.23 Å². The Labute approximate surface area is 129 Å². The quantitative estimate of drug-likeness (QED) is 0.862. The standard InChI is InChI=1S/C13H9BCl2O3S/c15-12-4-3-10(6-13(12)16)20(18)9-2-1-8-7-19-14(17)11(8)5-9/h1-6,17H,7H2. The van der Waals surface area contributed by atoms with Gasteiger partial charge in [0.2, 0.25) is 0 Å². The molecule has 0 spiro atoms. The predicted octanol–water partition coefficient (Wildman–Crippen LogP) is 2.38. The number of halogens is 2. The van der Waals surface area contributed by atoms with Gasteiger partial charge in [-0.2, -0.15) is 0 Å². The van der Waals surface area contributed by atoms with Crippen LogP contribution in [-0.2, 0) is 22.1 Å². The maximum absolute atomic E-state index is 12.5. The predicted molar refractivity (Wildman–Crippen MR) is 80.0 cm³/mol. The molecule has 1 aliphatic heterocycles. The number of rotatable bonds is 2. The van der Waals surface area contributed by atoms with Crippen molar-refractivity contribution in [1.29, 1.82) is 0 Å². The van der Waals surface area contributed by atoms with Crippen molar-refractivity contribution >= 4 is 46.6 Å². The molecule has 3 rings (SSSR count). The number of benzene rings is 2. The minimum atomic E-state index is -1.38. The third kappa shape index (κ3) is 2.52. The molecule has 7 heteroatoms. The molecule has 1 aliphatic rings. The molecule has 0 bridgehead atoms. The van der Waals surface area contributed by atoms with Crippen LogP contribution in [-0.4, -0.2) is 16.4 Å². The molecule has 3 nitrogen and oxygen atoms in total. The highest BCUT2D eigenvalue weighted by Gasteiger charge is 2.28. The van der Waals surface area contributed by atoms with Crippen LogP contribution in [0.1, 0.15) is 5.56 Å². The topological polar surface area (TPSA) is 46.5 Å². The summed E-state index contributed by atoms with van der Waals surface area (Å²) in [5, 5.41) is 10.5. The number of fused-ring (bicyclic) bond motifs is 1. The van der Waals surface area contributed by atoms with Crippen molar-refractivity contribution in [2.24, 2.45) is 0 Å². The van der Waals surface area contributed by atoms with Crippen LogP contribution in [0, 0.1) is 0 Å². The van der Waals surface area contributed by atoms with Gasteiger partial charge < -0.3 is 9.68 Å². The fourth-order valence-electron chi connectivity index (χ4n) is 2.04.